The highest BCUT2D eigenvalue weighted by Crippen LogP contribution is 2.22. The third-order valence-electron chi connectivity index (χ3n) is 3.84. The normalized spacial score (nSPS) is 20.7. The smallest absolute Gasteiger partial charge is 0.315 e. The third kappa shape index (κ3) is 5.73. The Hall–Kier alpha value is -1.79. The first-order chi connectivity index (χ1) is 10.9. The van der Waals surface area contributed by atoms with Crippen LogP contribution in [0.5, 0.6) is 0 Å². The molecule has 1 aliphatic carbocycles. The monoisotopic (exact) mass is 339 g/mol. The number of halogens is 1. The van der Waals surface area contributed by atoms with Gasteiger partial charge in [-0.1, -0.05) is 17.7 Å². The van der Waals surface area contributed by atoms with Gasteiger partial charge in [0, 0.05) is 6.04 Å². The molecule has 2 rings (SSSR count). The van der Waals surface area contributed by atoms with Gasteiger partial charge in [0.05, 0.1) is 23.4 Å². The average molecular weight is 340 g/mol. The number of anilines is 1. The van der Waals surface area contributed by atoms with Crippen molar-refractivity contribution >= 4 is 29.2 Å². The summed E-state index contributed by atoms with van der Waals surface area (Å²) in [6.07, 6.45) is 2.62. The number of rotatable bonds is 4. The Bertz CT molecular complexity index is 572. The molecule has 1 saturated carbocycles. The molecule has 0 atom stereocenters. The van der Waals surface area contributed by atoms with Crippen molar-refractivity contribution in [1.82, 2.24) is 10.6 Å². The Balaban J connectivity index is 1.72. The number of aliphatic hydroxyl groups excluding tert-OH is 1. The molecule has 1 fully saturated rings. The summed E-state index contributed by atoms with van der Waals surface area (Å²) in [5.41, 5.74) is 1.52. The van der Waals surface area contributed by atoms with Crippen molar-refractivity contribution in [3.63, 3.8) is 0 Å². The average Bonchev–Trinajstić information content (AvgIpc) is 2.50. The van der Waals surface area contributed by atoms with E-state index >= 15 is 0 Å². The maximum atomic E-state index is 11.8. The SMILES string of the molecule is Cc1ccc(NC(=O)CNC(=O)NC2CCC(O)CC2)c(Cl)c1. The summed E-state index contributed by atoms with van der Waals surface area (Å²) in [5, 5.41) is 17.9. The van der Waals surface area contributed by atoms with Gasteiger partial charge in [0.2, 0.25) is 5.91 Å². The molecule has 0 aromatic heterocycles. The molecule has 0 radical (unpaired) electrons. The molecule has 0 spiro atoms. The van der Waals surface area contributed by atoms with E-state index in [2.05, 4.69) is 16.0 Å². The van der Waals surface area contributed by atoms with Gasteiger partial charge in [-0.3, -0.25) is 4.79 Å². The van der Waals surface area contributed by atoms with Crippen LogP contribution in [0.1, 0.15) is 31.2 Å². The van der Waals surface area contributed by atoms with E-state index < -0.39 is 0 Å². The van der Waals surface area contributed by atoms with Gasteiger partial charge in [0.15, 0.2) is 0 Å². The van der Waals surface area contributed by atoms with Crippen LogP contribution in [-0.4, -0.2) is 35.7 Å². The Morgan fingerprint density at radius 3 is 2.61 bits per heavy atom. The van der Waals surface area contributed by atoms with Crippen LogP contribution in [0, 0.1) is 6.92 Å². The van der Waals surface area contributed by atoms with E-state index in [1.807, 2.05) is 13.0 Å². The number of aliphatic hydroxyl groups is 1. The van der Waals surface area contributed by atoms with Gasteiger partial charge < -0.3 is 21.1 Å². The van der Waals surface area contributed by atoms with Crippen LogP contribution in [0.3, 0.4) is 0 Å². The lowest BCUT2D eigenvalue weighted by atomic mass is 9.93. The zero-order chi connectivity index (χ0) is 16.8. The van der Waals surface area contributed by atoms with Crippen molar-refractivity contribution in [2.75, 3.05) is 11.9 Å². The predicted molar refractivity (Wildman–Crippen MR) is 89.6 cm³/mol. The minimum absolute atomic E-state index is 0.0491. The highest BCUT2D eigenvalue weighted by molar-refractivity contribution is 6.33. The van der Waals surface area contributed by atoms with Gasteiger partial charge in [-0.15, -0.1) is 0 Å². The van der Waals surface area contributed by atoms with E-state index in [9.17, 15) is 14.7 Å². The maximum absolute atomic E-state index is 11.8. The largest absolute Gasteiger partial charge is 0.393 e. The van der Waals surface area contributed by atoms with Gasteiger partial charge in [-0.25, -0.2) is 4.79 Å². The Labute approximate surface area is 140 Å². The number of urea groups is 1. The molecule has 0 bridgehead atoms. The van der Waals surface area contributed by atoms with Crippen LogP contribution >= 0.6 is 11.6 Å². The van der Waals surface area contributed by atoms with Crippen molar-refractivity contribution < 1.29 is 14.7 Å². The predicted octanol–water partition coefficient (Wildman–Crippen LogP) is 2.19. The summed E-state index contributed by atoms with van der Waals surface area (Å²) in [4.78, 5) is 23.6. The molecular weight excluding hydrogens is 318 g/mol. The van der Waals surface area contributed by atoms with Gasteiger partial charge in [-0.2, -0.15) is 0 Å². The summed E-state index contributed by atoms with van der Waals surface area (Å²) in [7, 11) is 0. The lowest BCUT2D eigenvalue weighted by molar-refractivity contribution is -0.115. The summed E-state index contributed by atoms with van der Waals surface area (Å²) in [6, 6.07) is 5.00. The number of carbonyl (C=O) groups excluding carboxylic acids is 2. The van der Waals surface area contributed by atoms with Crippen LogP contribution in [0.4, 0.5) is 10.5 Å². The molecule has 1 aliphatic rings. The lowest BCUT2D eigenvalue weighted by Crippen LogP contribution is -2.46. The highest BCUT2D eigenvalue weighted by Gasteiger charge is 2.20. The molecule has 126 valence electrons. The number of hydrogen-bond acceptors (Lipinski definition) is 3. The minimum atomic E-state index is -0.378. The first-order valence-electron chi connectivity index (χ1n) is 7.72. The van der Waals surface area contributed by atoms with E-state index in [1.54, 1.807) is 12.1 Å². The molecule has 0 saturated heterocycles. The molecule has 23 heavy (non-hydrogen) atoms. The second kappa shape index (κ2) is 8.17. The number of benzene rings is 1. The summed E-state index contributed by atoms with van der Waals surface area (Å²) in [5.74, 6) is -0.343. The van der Waals surface area contributed by atoms with Crippen LogP contribution in [0.25, 0.3) is 0 Å². The first kappa shape index (κ1) is 17.6. The van der Waals surface area contributed by atoms with Crippen molar-refractivity contribution in [3.05, 3.63) is 28.8 Å². The second-order valence-corrected chi connectivity index (χ2v) is 6.27. The topological polar surface area (TPSA) is 90.5 Å². The lowest BCUT2D eigenvalue weighted by Gasteiger charge is -2.26. The van der Waals surface area contributed by atoms with Crippen LogP contribution in [-0.2, 0) is 4.79 Å². The fraction of sp³-hybridized carbons (Fsp3) is 0.500. The fourth-order valence-corrected chi connectivity index (χ4v) is 2.82. The maximum Gasteiger partial charge on any atom is 0.315 e. The zero-order valence-electron chi connectivity index (χ0n) is 13.1. The molecule has 0 aliphatic heterocycles. The Morgan fingerprint density at radius 1 is 1.26 bits per heavy atom. The van der Waals surface area contributed by atoms with Gasteiger partial charge >= 0.3 is 6.03 Å². The molecule has 4 N–H and O–H groups in total. The quantitative estimate of drug-likeness (QED) is 0.677. The first-order valence-corrected chi connectivity index (χ1v) is 8.10. The number of hydrogen-bond donors (Lipinski definition) is 4. The van der Waals surface area contributed by atoms with Crippen LogP contribution in [0.15, 0.2) is 18.2 Å². The van der Waals surface area contributed by atoms with Gasteiger partial charge in [0.1, 0.15) is 0 Å². The summed E-state index contributed by atoms with van der Waals surface area (Å²) < 4.78 is 0. The molecule has 7 heteroatoms. The van der Waals surface area contributed by atoms with E-state index in [0.29, 0.717) is 23.6 Å². The molecule has 1 aromatic rings. The molecule has 0 unspecified atom stereocenters. The van der Waals surface area contributed by atoms with Gasteiger partial charge in [-0.05, 0) is 50.3 Å². The van der Waals surface area contributed by atoms with Crippen LogP contribution < -0.4 is 16.0 Å². The van der Waals surface area contributed by atoms with Crippen LogP contribution in [0.2, 0.25) is 5.02 Å². The Kier molecular flexibility index (Phi) is 6.24. The molecule has 0 heterocycles. The standard InChI is InChI=1S/C16H22ClN3O3/c1-10-2-7-14(13(17)8-10)20-15(22)9-18-16(23)19-11-3-5-12(21)6-4-11/h2,7-8,11-12,21H,3-6,9H2,1H3,(H,20,22)(H2,18,19,23). The molecule has 1 aromatic carbocycles. The number of nitrogens with one attached hydrogen (secondary N) is 3. The van der Waals surface area contributed by atoms with E-state index in [-0.39, 0.29) is 30.6 Å². The summed E-state index contributed by atoms with van der Waals surface area (Å²) in [6.45, 7) is 1.78. The van der Waals surface area contributed by atoms with Crippen molar-refractivity contribution in [2.45, 2.75) is 44.8 Å². The number of carbonyl (C=O) groups is 2. The second-order valence-electron chi connectivity index (χ2n) is 5.86. The number of aryl methyl sites for hydroxylation is 1. The number of amides is 3. The van der Waals surface area contributed by atoms with Crippen molar-refractivity contribution in [2.24, 2.45) is 0 Å². The summed E-state index contributed by atoms with van der Waals surface area (Å²) >= 11 is 6.04. The Morgan fingerprint density at radius 2 is 1.96 bits per heavy atom. The van der Waals surface area contributed by atoms with E-state index in [4.69, 9.17) is 11.6 Å². The van der Waals surface area contributed by atoms with E-state index in [0.717, 1.165) is 18.4 Å². The minimum Gasteiger partial charge on any atom is -0.393 e. The fourth-order valence-electron chi connectivity index (χ4n) is 2.53. The van der Waals surface area contributed by atoms with E-state index in [1.165, 1.54) is 0 Å². The highest BCUT2D eigenvalue weighted by atomic mass is 35.5. The third-order valence-corrected chi connectivity index (χ3v) is 4.15. The molecule has 6 nitrogen and oxygen atoms in total. The van der Waals surface area contributed by atoms with Crippen molar-refractivity contribution in [1.29, 1.82) is 0 Å². The van der Waals surface area contributed by atoms with Gasteiger partial charge in [0.25, 0.3) is 0 Å². The molecule has 3 amide bonds. The zero-order valence-corrected chi connectivity index (χ0v) is 13.8. The van der Waals surface area contributed by atoms with Crippen molar-refractivity contribution in [3.8, 4) is 0 Å². The molecular formula is C16H22ClN3O3.